The van der Waals surface area contributed by atoms with Crippen LogP contribution in [0, 0.1) is 0 Å². The highest BCUT2D eigenvalue weighted by atomic mass is 16.5. The minimum Gasteiger partial charge on any atom is -0.497 e. The quantitative estimate of drug-likeness (QED) is 0.296. The molecule has 2 aromatic rings. The van der Waals surface area contributed by atoms with Crippen LogP contribution in [0.1, 0.15) is 18.4 Å². The van der Waals surface area contributed by atoms with Crippen LogP contribution >= 0.6 is 0 Å². The summed E-state index contributed by atoms with van der Waals surface area (Å²) in [6, 6.07) is 12.3. The van der Waals surface area contributed by atoms with Crippen LogP contribution in [0.15, 0.2) is 42.5 Å². The highest BCUT2D eigenvalue weighted by Gasteiger charge is 2.64. The van der Waals surface area contributed by atoms with Crippen LogP contribution in [0.3, 0.4) is 0 Å². The highest BCUT2D eigenvalue weighted by molar-refractivity contribution is 6.29. The van der Waals surface area contributed by atoms with E-state index in [9.17, 15) is 19.2 Å². The van der Waals surface area contributed by atoms with Crippen LogP contribution < -0.4 is 19.1 Å². The molecule has 1 atom stereocenters. The number of carbonyl (C=O) groups excluding carboxylic acids is 4. The summed E-state index contributed by atoms with van der Waals surface area (Å²) in [5.74, 6) is -0.476. The van der Waals surface area contributed by atoms with Crippen molar-refractivity contribution in [3.05, 3.63) is 48.0 Å². The normalized spacial score (nSPS) is 18.6. The van der Waals surface area contributed by atoms with Gasteiger partial charge in [0, 0.05) is 31.9 Å². The molecule has 4 rings (SSSR count). The number of amides is 4. The Kier molecular flexibility index (Phi) is 6.87. The molecule has 190 valence electrons. The molecule has 10 heteroatoms. The van der Waals surface area contributed by atoms with Crippen molar-refractivity contribution in [1.29, 1.82) is 0 Å². The lowest BCUT2D eigenvalue weighted by molar-refractivity contribution is -0.146. The summed E-state index contributed by atoms with van der Waals surface area (Å²) in [7, 11) is 6.13. The van der Waals surface area contributed by atoms with Crippen molar-refractivity contribution in [1.82, 2.24) is 9.80 Å². The van der Waals surface area contributed by atoms with Gasteiger partial charge >= 0.3 is 0 Å². The Labute approximate surface area is 209 Å². The summed E-state index contributed by atoms with van der Waals surface area (Å²) in [5.41, 5.74) is -0.757. The largest absolute Gasteiger partial charge is 0.497 e. The number of likely N-dealkylation sites (tertiary alicyclic amines) is 1. The first-order chi connectivity index (χ1) is 17.2. The number of nitrogens with zero attached hydrogens (tertiary/aromatic N) is 3. The average molecular weight is 496 g/mol. The van der Waals surface area contributed by atoms with Gasteiger partial charge in [-0.25, -0.2) is 0 Å². The Morgan fingerprint density at radius 2 is 1.67 bits per heavy atom. The van der Waals surface area contributed by atoms with Crippen molar-refractivity contribution in [2.24, 2.45) is 0 Å². The third kappa shape index (κ3) is 4.12. The van der Waals surface area contributed by atoms with E-state index in [4.69, 9.17) is 14.2 Å². The Balaban J connectivity index is 1.58. The third-order valence-corrected chi connectivity index (χ3v) is 6.54. The van der Waals surface area contributed by atoms with Gasteiger partial charge in [0.15, 0.2) is 16.9 Å². The summed E-state index contributed by atoms with van der Waals surface area (Å²) in [4.78, 5) is 56.3. The Morgan fingerprint density at radius 3 is 2.33 bits per heavy atom. The monoisotopic (exact) mass is 495 g/mol. The zero-order valence-electron chi connectivity index (χ0n) is 20.8. The number of imide groups is 1. The Morgan fingerprint density at radius 1 is 0.972 bits per heavy atom. The number of benzene rings is 2. The van der Waals surface area contributed by atoms with Crippen LogP contribution in [0.25, 0.3) is 0 Å². The molecular weight excluding hydrogens is 466 g/mol. The summed E-state index contributed by atoms with van der Waals surface area (Å²) in [6.45, 7) is 0.165. The minimum absolute atomic E-state index is 0.271. The standard InChI is InChI=1S/C26H29N3O7/c1-27(2)23(31)16-29-22(30)15-26(25(29)33)18-14-17(34-3)10-11-19(18)28(24(26)32)12-7-13-36-21-9-6-5-8-20(21)35-4/h5-6,8-11,14H,7,12-13,15-16H2,1-4H3. The maximum Gasteiger partial charge on any atom is 0.250 e. The van der Waals surface area contributed by atoms with Crippen LogP contribution in [0.5, 0.6) is 17.2 Å². The predicted molar refractivity (Wildman–Crippen MR) is 130 cm³/mol. The van der Waals surface area contributed by atoms with Gasteiger partial charge in [0.1, 0.15) is 12.3 Å². The van der Waals surface area contributed by atoms with Gasteiger partial charge in [-0.15, -0.1) is 0 Å². The molecule has 1 saturated heterocycles. The van der Waals surface area contributed by atoms with E-state index in [2.05, 4.69) is 0 Å². The number of hydrogen-bond acceptors (Lipinski definition) is 7. The van der Waals surface area contributed by atoms with Crippen LogP contribution in [-0.4, -0.2) is 81.4 Å². The molecule has 1 fully saturated rings. The lowest BCUT2D eigenvalue weighted by Gasteiger charge is -2.23. The van der Waals surface area contributed by atoms with Gasteiger partial charge in [-0.05, 0) is 36.8 Å². The molecule has 36 heavy (non-hydrogen) atoms. The van der Waals surface area contributed by atoms with Gasteiger partial charge in [-0.1, -0.05) is 12.1 Å². The van der Waals surface area contributed by atoms with E-state index < -0.39 is 35.6 Å². The fourth-order valence-electron chi connectivity index (χ4n) is 4.59. The van der Waals surface area contributed by atoms with E-state index in [-0.39, 0.29) is 13.0 Å². The molecule has 2 aliphatic heterocycles. The van der Waals surface area contributed by atoms with Crippen molar-refractivity contribution >= 4 is 29.3 Å². The first kappa shape index (κ1) is 25.0. The van der Waals surface area contributed by atoms with Crippen molar-refractivity contribution in [3.8, 4) is 17.2 Å². The second kappa shape index (κ2) is 9.88. The first-order valence-corrected chi connectivity index (χ1v) is 11.6. The summed E-state index contributed by atoms with van der Waals surface area (Å²) in [5, 5.41) is 0. The van der Waals surface area contributed by atoms with Crippen molar-refractivity contribution in [2.75, 3.05) is 52.9 Å². The number of ether oxygens (including phenoxy) is 3. The van der Waals surface area contributed by atoms with E-state index >= 15 is 0 Å². The molecule has 0 bridgehead atoms. The highest BCUT2D eigenvalue weighted by Crippen LogP contribution is 2.49. The van der Waals surface area contributed by atoms with Gasteiger partial charge < -0.3 is 24.0 Å². The van der Waals surface area contributed by atoms with E-state index in [1.165, 1.54) is 16.9 Å². The number of anilines is 1. The molecule has 1 spiro atoms. The summed E-state index contributed by atoms with van der Waals surface area (Å²) < 4.78 is 16.5. The molecule has 2 aromatic carbocycles. The summed E-state index contributed by atoms with van der Waals surface area (Å²) >= 11 is 0. The lowest BCUT2D eigenvalue weighted by Crippen LogP contribution is -2.48. The fraction of sp³-hybridized carbons (Fsp3) is 0.385. The number of fused-ring (bicyclic) bond motifs is 2. The molecule has 0 saturated carbocycles. The molecule has 0 radical (unpaired) electrons. The zero-order valence-corrected chi connectivity index (χ0v) is 20.8. The fourth-order valence-corrected chi connectivity index (χ4v) is 4.59. The van der Waals surface area contributed by atoms with Gasteiger partial charge in [0.2, 0.25) is 17.7 Å². The molecule has 4 amide bonds. The van der Waals surface area contributed by atoms with Gasteiger partial charge in [-0.3, -0.25) is 24.1 Å². The van der Waals surface area contributed by atoms with Gasteiger partial charge in [-0.2, -0.15) is 0 Å². The Hall–Kier alpha value is -4.08. The molecule has 2 heterocycles. The number of hydrogen-bond donors (Lipinski definition) is 0. The van der Waals surface area contributed by atoms with E-state index in [1.807, 2.05) is 12.1 Å². The number of likely N-dealkylation sites (N-methyl/N-ethyl adjacent to an activating group) is 1. The van der Waals surface area contributed by atoms with E-state index in [1.54, 1.807) is 51.5 Å². The van der Waals surface area contributed by atoms with Crippen LogP contribution in [0.4, 0.5) is 5.69 Å². The van der Waals surface area contributed by atoms with Crippen LogP contribution in [0.2, 0.25) is 0 Å². The smallest absolute Gasteiger partial charge is 0.250 e. The molecular formula is C26H29N3O7. The zero-order chi connectivity index (χ0) is 26.0. The first-order valence-electron chi connectivity index (χ1n) is 11.6. The molecule has 0 aliphatic carbocycles. The minimum atomic E-state index is -1.71. The Bertz CT molecular complexity index is 1210. The van der Waals surface area contributed by atoms with E-state index in [0.29, 0.717) is 41.5 Å². The molecule has 1 unspecified atom stereocenters. The topological polar surface area (TPSA) is 106 Å². The van der Waals surface area contributed by atoms with Gasteiger partial charge in [0.25, 0.3) is 5.91 Å². The number of rotatable bonds is 9. The lowest BCUT2D eigenvalue weighted by atomic mass is 9.80. The molecule has 0 N–H and O–H groups in total. The van der Waals surface area contributed by atoms with Crippen molar-refractivity contribution < 1.29 is 33.4 Å². The summed E-state index contributed by atoms with van der Waals surface area (Å²) in [6.07, 6.45) is 0.135. The number of para-hydroxylation sites is 2. The molecule has 10 nitrogen and oxygen atoms in total. The maximum atomic E-state index is 13.8. The number of methoxy groups -OCH3 is 2. The van der Waals surface area contributed by atoms with Gasteiger partial charge in [0.05, 0.1) is 27.2 Å². The van der Waals surface area contributed by atoms with E-state index in [0.717, 1.165) is 4.90 Å². The molecule has 2 aliphatic rings. The predicted octanol–water partition coefficient (Wildman–Crippen LogP) is 1.60. The van der Waals surface area contributed by atoms with Crippen molar-refractivity contribution in [2.45, 2.75) is 18.3 Å². The third-order valence-electron chi connectivity index (χ3n) is 6.54. The number of carbonyl (C=O) groups is 4. The van der Waals surface area contributed by atoms with Crippen molar-refractivity contribution in [3.63, 3.8) is 0 Å². The second-order valence-corrected chi connectivity index (χ2v) is 8.85. The SMILES string of the molecule is COc1ccc2c(c1)C1(CC(=O)N(CC(=O)N(C)C)C1=O)C(=O)N2CCCOc1ccccc1OC. The maximum absolute atomic E-state index is 13.8. The second-order valence-electron chi connectivity index (χ2n) is 8.85. The van der Waals surface area contributed by atoms with Crippen LogP contribution in [-0.2, 0) is 24.6 Å². The molecule has 0 aromatic heterocycles. The average Bonchev–Trinajstić information content (AvgIpc) is 3.26.